The number of rotatable bonds is 7. The van der Waals surface area contributed by atoms with Gasteiger partial charge < -0.3 is 10.4 Å². The molecule has 0 spiro atoms. The van der Waals surface area contributed by atoms with E-state index in [2.05, 4.69) is 15.7 Å². The van der Waals surface area contributed by atoms with Gasteiger partial charge in [0.15, 0.2) is 5.13 Å². The van der Waals surface area contributed by atoms with Crippen molar-refractivity contribution in [1.29, 1.82) is 0 Å². The monoisotopic (exact) mass is 408 g/mol. The van der Waals surface area contributed by atoms with E-state index >= 15 is 0 Å². The number of hydrazine groups is 1. The molecule has 144 valence electrons. The fourth-order valence-corrected chi connectivity index (χ4v) is 3.61. The molecule has 3 amide bonds. The average molecular weight is 409 g/mol. The van der Waals surface area contributed by atoms with Crippen LogP contribution in [-0.2, 0) is 24.1 Å². The number of carboxylic acid groups (broad SMARTS) is 1. The average Bonchev–Trinajstić information content (AvgIpc) is 3.06. The third kappa shape index (κ3) is 8.09. The first-order valence-electron chi connectivity index (χ1n) is 8.14. The number of aryl methyl sites for hydroxylation is 3. The molecular weight excluding hydrogens is 388 g/mol. The molecule has 1 aromatic heterocycles. The van der Waals surface area contributed by atoms with E-state index in [0.717, 1.165) is 35.9 Å². The number of nitrogens with one attached hydrogen (secondary N) is 3. The number of nitrogens with zero attached hydrogens (tertiary/aromatic N) is 1. The van der Waals surface area contributed by atoms with Gasteiger partial charge in [0.25, 0.3) is 5.24 Å². The molecule has 0 aliphatic carbocycles. The SMILES string of the molecule is CC(=O)Nc1nc(CCc2ccc(CCSC(=O)NNC(=O)O)cc2)cs1. The second kappa shape index (κ2) is 10.5. The molecule has 0 bridgehead atoms. The van der Waals surface area contributed by atoms with Gasteiger partial charge in [-0.3, -0.25) is 15.0 Å². The number of aromatic nitrogens is 1. The topological polar surface area (TPSA) is 120 Å². The Bertz CT molecular complexity index is 792. The zero-order valence-electron chi connectivity index (χ0n) is 14.7. The van der Waals surface area contributed by atoms with Crippen molar-refractivity contribution < 1.29 is 19.5 Å². The molecule has 2 rings (SSSR count). The molecule has 0 aliphatic rings. The van der Waals surface area contributed by atoms with Crippen LogP contribution in [-0.4, -0.2) is 33.1 Å². The molecule has 1 heterocycles. The van der Waals surface area contributed by atoms with Crippen molar-refractivity contribution in [1.82, 2.24) is 15.8 Å². The van der Waals surface area contributed by atoms with Crippen LogP contribution in [0.3, 0.4) is 0 Å². The molecule has 27 heavy (non-hydrogen) atoms. The summed E-state index contributed by atoms with van der Waals surface area (Å²) in [6.07, 6.45) is 1.05. The van der Waals surface area contributed by atoms with Crippen LogP contribution < -0.4 is 16.2 Å². The van der Waals surface area contributed by atoms with Gasteiger partial charge >= 0.3 is 6.09 Å². The zero-order chi connectivity index (χ0) is 19.6. The lowest BCUT2D eigenvalue weighted by molar-refractivity contribution is -0.114. The normalized spacial score (nSPS) is 10.3. The van der Waals surface area contributed by atoms with Crippen LogP contribution in [0.1, 0.15) is 23.7 Å². The Hall–Kier alpha value is -2.59. The summed E-state index contributed by atoms with van der Waals surface area (Å²) in [7, 11) is 0. The number of carbonyl (C=O) groups excluding carboxylic acids is 2. The number of carbonyl (C=O) groups is 3. The highest BCUT2D eigenvalue weighted by atomic mass is 32.2. The summed E-state index contributed by atoms with van der Waals surface area (Å²) < 4.78 is 0. The number of thiazole rings is 1. The van der Waals surface area contributed by atoms with Gasteiger partial charge in [-0.25, -0.2) is 15.2 Å². The van der Waals surface area contributed by atoms with Crippen LogP contribution in [0.15, 0.2) is 29.6 Å². The summed E-state index contributed by atoms with van der Waals surface area (Å²) in [5.74, 6) is 0.428. The van der Waals surface area contributed by atoms with E-state index in [1.807, 2.05) is 35.1 Å². The van der Waals surface area contributed by atoms with E-state index in [9.17, 15) is 14.4 Å². The Labute approximate surface area is 164 Å². The van der Waals surface area contributed by atoms with Gasteiger partial charge in [-0.1, -0.05) is 36.0 Å². The standard InChI is InChI=1S/C17H20N4O4S2/c1-11(22)18-15-19-14(10-27-15)7-6-12-2-4-13(5-3-12)8-9-26-17(25)21-20-16(23)24/h2-5,10,20H,6-9H2,1H3,(H,21,25)(H,23,24)(H,18,19,22). The summed E-state index contributed by atoms with van der Waals surface area (Å²) >= 11 is 2.44. The number of thioether (sulfide) groups is 1. The molecule has 0 unspecified atom stereocenters. The number of hydrogen-bond donors (Lipinski definition) is 4. The van der Waals surface area contributed by atoms with Crippen LogP contribution in [0, 0.1) is 0 Å². The van der Waals surface area contributed by atoms with Crippen molar-refractivity contribution in [2.24, 2.45) is 0 Å². The molecule has 0 fully saturated rings. The summed E-state index contributed by atoms with van der Waals surface area (Å²) in [5, 5.41) is 13.2. The molecule has 2 aromatic rings. The minimum absolute atomic E-state index is 0.125. The van der Waals surface area contributed by atoms with Crippen molar-refractivity contribution in [3.8, 4) is 0 Å². The molecule has 4 N–H and O–H groups in total. The first kappa shape index (κ1) is 20.7. The first-order chi connectivity index (χ1) is 12.9. The fourth-order valence-electron chi connectivity index (χ4n) is 2.18. The van der Waals surface area contributed by atoms with Crippen LogP contribution in [0.25, 0.3) is 0 Å². The fraction of sp³-hybridized carbons (Fsp3) is 0.294. The van der Waals surface area contributed by atoms with E-state index < -0.39 is 11.3 Å². The molecule has 1 aromatic carbocycles. The Morgan fingerprint density at radius 3 is 2.37 bits per heavy atom. The third-order valence-electron chi connectivity index (χ3n) is 3.42. The molecule has 0 radical (unpaired) electrons. The van der Waals surface area contributed by atoms with Gasteiger partial charge in [0.05, 0.1) is 5.69 Å². The minimum atomic E-state index is -1.30. The maximum atomic E-state index is 11.4. The molecule has 10 heteroatoms. The summed E-state index contributed by atoms with van der Waals surface area (Å²) in [6.45, 7) is 1.46. The van der Waals surface area contributed by atoms with E-state index in [-0.39, 0.29) is 5.91 Å². The Kier molecular flexibility index (Phi) is 8.08. The third-order valence-corrected chi connectivity index (χ3v) is 5.00. The van der Waals surface area contributed by atoms with E-state index in [1.165, 1.54) is 23.8 Å². The number of benzene rings is 1. The maximum Gasteiger partial charge on any atom is 0.423 e. The Morgan fingerprint density at radius 1 is 1.07 bits per heavy atom. The molecule has 8 nitrogen and oxygen atoms in total. The van der Waals surface area contributed by atoms with Crippen molar-refractivity contribution in [2.75, 3.05) is 11.1 Å². The molecule has 0 saturated carbocycles. The largest absolute Gasteiger partial charge is 0.464 e. The lowest BCUT2D eigenvalue weighted by atomic mass is 10.1. The zero-order valence-corrected chi connectivity index (χ0v) is 16.3. The van der Waals surface area contributed by atoms with Gasteiger partial charge in [0, 0.05) is 18.1 Å². The van der Waals surface area contributed by atoms with Gasteiger partial charge in [-0.2, -0.15) is 0 Å². The van der Waals surface area contributed by atoms with Crippen molar-refractivity contribution >= 4 is 45.5 Å². The maximum absolute atomic E-state index is 11.4. The second-order valence-electron chi connectivity index (χ2n) is 5.58. The lowest BCUT2D eigenvalue weighted by Crippen LogP contribution is -2.38. The van der Waals surface area contributed by atoms with Gasteiger partial charge in [0.1, 0.15) is 0 Å². The van der Waals surface area contributed by atoms with Crippen LogP contribution in [0.5, 0.6) is 0 Å². The second-order valence-corrected chi connectivity index (χ2v) is 7.51. The highest BCUT2D eigenvalue weighted by Gasteiger charge is 2.05. The molecule has 0 atom stereocenters. The van der Waals surface area contributed by atoms with Crippen molar-refractivity contribution in [3.05, 3.63) is 46.5 Å². The van der Waals surface area contributed by atoms with E-state index in [0.29, 0.717) is 17.3 Å². The summed E-state index contributed by atoms with van der Waals surface area (Å²) in [5.41, 5.74) is 7.12. The predicted molar refractivity (Wildman–Crippen MR) is 106 cm³/mol. The number of amides is 3. The van der Waals surface area contributed by atoms with E-state index in [1.54, 1.807) is 0 Å². The Balaban J connectivity index is 1.71. The quantitative estimate of drug-likeness (QED) is 0.523. The van der Waals surface area contributed by atoms with E-state index in [4.69, 9.17) is 5.11 Å². The van der Waals surface area contributed by atoms with Crippen LogP contribution in [0.4, 0.5) is 14.7 Å². The first-order valence-corrected chi connectivity index (χ1v) is 10.0. The van der Waals surface area contributed by atoms with Gasteiger partial charge in [-0.15, -0.1) is 11.3 Å². The van der Waals surface area contributed by atoms with Gasteiger partial charge in [-0.05, 0) is 30.4 Å². The van der Waals surface area contributed by atoms with Crippen molar-refractivity contribution in [3.63, 3.8) is 0 Å². The Morgan fingerprint density at radius 2 is 1.74 bits per heavy atom. The minimum Gasteiger partial charge on any atom is -0.464 e. The number of hydrogen-bond acceptors (Lipinski definition) is 6. The van der Waals surface area contributed by atoms with Crippen molar-refractivity contribution in [2.45, 2.75) is 26.2 Å². The highest BCUT2D eigenvalue weighted by Crippen LogP contribution is 2.17. The van der Waals surface area contributed by atoms with Crippen LogP contribution >= 0.6 is 23.1 Å². The summed E-state index contributed by atoms with van der Waals surface area (Å²) in [6, 6.07) is 8.14. The van der Waals surface area contributed by atoms with Gasteiger partial charge in [0.2, 0.25) is 5.91 Å². The summed E-state index contributed by atoms with van der Waals surface area (Å²) in [4.78, 5) is 37.0. The lowest BCUT2D eigenvalue weighted by Gasteiger charge is -2.05. The number of anilines is 1. The molecule has 0 saturated heterocycles. The highest BCUT2D eigenvalue weighted by molar-refractivity contribution is 8.13. The predicted octanol–water partition coefficient (Wildman–Crippen LogP) is 3.05. The smallest absolute Gasteiger partial charge is 0.423 e. The molecular formula is C17H20N4O4S2. The van der Waals surface area contributed by atoms with Crippen LogP contribution in [0.2, 0.25) is 0 Å². The molecule has 0 aliphatic heterocycles.